The van der Waals surface area contributed by atoms with Gasteiger partial charge in [-0.15, -0.1) is 0 Å². The number of hydrogen-bond acceptors (Lipinski definition) is 6. The van der Waals surface area contributed by atoms with Gasteiger partial charge >= 0.3 is 0 Å². The third kappa shape index (κ3) is 4.84. The Morgan fingerprint density at radius 2 is 1.48 bits per heavy atom. The van der Waals surface area contributed by atoms with E-state index >= 15 is 0 Å². The number of aryl methyl sites for hydroxylation is 2. The zero-order valence-corrected chi connectivity index (χ0v) is 17.3. The molecule has 4 rings (SSSR count). The molecule has 1 aliphatic rings. The number of hydrogen-bond donors (Lipinski definition) is 2. The van der Waals surface area contributed by atoms with Crippen molar-refractivity contribution >= 4 is 28.7 Å². The molecule has 6 nitrogen and oxygen atoms in total. The number of benzene rings is 2. The molecule has 0 bridgehead atoms. The van der Waals surface area contributed by atoms with Gasteiger partial charge in [0.15, 0.2) is 0 Å². The lowest BCUT2D eigenvalue weighted by molar-refractivity contribution is 0.313. The molecule has 0 amide bonds. The number of aromatic nitrogens is 2. The van der Waals surface area contributed by atoms with E-state index in [4.69, 9.17) is 0 Å². The van der Waals surface area contributed by atoms with Crippen LogP contribution in [0.3, 0.4) is 0 Å². The summed E-state index contributed by atoms with van der Waals surface area (Å²) in [7, 11) is 2.18. The van der Waals surface area contributed by atoms with Crippen molar-refractivity contribution in [3.8, 4) is 0 Å². The largest absolute Gasteiger partial charge is 0.369 e. The fourth-order valence-electron chi connectivity index (χ4n) is 3.47. The van der Waals surface area contributed by atoms with Gasteiger partial charge in [0, 0.05) is 49.3 Å². The van der Waals surface area contributed by atoms with E-state index < -0.39 is 0 Å². The van der Waals surface area contributed by atoms with Gasteiger partial charge in [-0.1, -0.05) is 12.1 Å². The third-order valence-electron chi connectivity index (χ3n) is 5.33. The van der Waals surface area contributed by atoms with E-state index in [1.807, 2.05) is 6.07 Å². The van der Waals surface area contributed by atoms with Crippen LogP contribution >= 0.6 is 0 Å². The Kier molecular flexibility index (Phi) is 5.62. The molecular formula is C23H28N6. The molecule has 2 aromatic carbocycles. The SMILES string of the molecule is Cc1ccc(C)c(Nc2cc(Nc3ccc(N4CCN(C)CC4)cc3)ncn2)c1. The average molecular weight is 389 g/mol. The predicted molar refractivity (Wildman–Crippen MR) is 121 cm³/mol. The monoisotopic (exact) mass is 388 g/mol. The molecule has 29 heavy (non-hydrogen) atoms. The maximum absolute atomic E-state index is 4.36. The Bertz CT molecular complexity index is 961. The zero-order chi connectivity index (χ0) is 20.2. The molecule has 2 N–H and O–H groups in total. The Hall–Kier alpha value is -3.12. The van der Waals surface area contributed by atoms with Crippen LogP contribution in [-0.4, -0.2) is 48.1 Å². The van der Waals surface area contributed by atoms with E-state index in [-0.39, 0.29) is 0 Å². The quantitative estimate of drug-likeness (QED) is 0.678. The molecule has 1 fully saturated rings. The summed E-state index contributed by atoms with van der Waals surface area (Å²) in [6.07, 6.45) is 1.58. The van der Waals surface area contributed by atoms with Crippen molar-refractivity contribution in [2.75, 3.05) is 48.8 Å². The first-order chi connectivity index (χ1) is 14.1. The van der Waals surface area contributed by atoms with Gasteiger partial charge < -0.3 is 20.4 Å². The molecule has 1 saturated heterocycles. The lowest BCUT2D eigenvalue weighted by Crippen LogP contribution is -2.44. The highest BCUT2D eigenvalue weighted by Crippen LogP contribution is 2.24. The van der Waals surface area contributed by atoms with Crippen molar-refractivity contribution in [1.29, 1.82) is 0 Å². The van der Waals surface area contributed by atoms with Crippen molar-refractivity contribution < 1.29 is 0 Å². The van der Waals surface area contributed by atoms with Crippen LogP contribution in [0.1, 0.15) is 11.1 Å². The minimum Gasteiger partial charge on any atom is -0.369 e. The normalized spacial score (nSPS) is 14.7. The van der Waals surface area contributed by atoms with Crippen LogP contribution in [0.2, 0.25) is 0 Å². The first-order valence-corrected chi connectivity index (χ1v) is 10.0. The van der Waals surface area contributed by atoms with Gasteiger partial charge in [-0.05, 0) is 62.4 Å². The minimum absolute atomic E-state index is 0.764. The van der Waals surface area contributed by atoms with Crippen molar-refractivity contribution in [3.05, 3.63) is 66.0 Å². The molecule has 1 aliphatic heterocycles. The maximum Gasteiger partial charge on any atom is 0.135 e. The standard InChI is InChI=1S/C23H28N6/c1-17-4-5-18(2)21(14-17)27-23-15-22(24-16-25-23)26-19-6-8-20(9-7-19)29-12-10-28(3)11-13-29/h4-9,14-16H,10-13H2,1-3H3,(H2,24,25,26,27). The Morgan fingerprint density at radius 3 is 2.21 bits per heavy atom. The highest BCUT2D eigenvalue weighted by atomic mass is 15.2. The minimum atomic E-state index is 0.764. The second kappa shape index (κ2) is 8.49. The molecule has 0 radical (unpaired) electrons. The molecule has 1 aromatic heterocycles. The van der Waals surface area contributed by atoms with E-state index in [1.165, 1.54) is 16.8 Å². The summed E-state index contributed by atoms with van der Waals surface area (Å²) in [6, 6.07) is 16.8. The molecule has 2 heterocycles. The number of likely N-dealkylation sites (N-methyl/N-ethyl adjacent to an activating group) is 1. The van der Waals surface area contributed by atoms with Gasteiger partial charge in [-0.25, -0.2) is 9.97 Å². The van der Waals surface area contributed by atoms with Gasteiger partial charge in [-0.3, -0.25) is 0 Å². The molecule has 0 unspecified atom stereocenters. The molecule has 150 valence electrons. The summed E-state index contributed by atoms with van der Waals surface area (Å²) in [5.74, 6) is 1.53. The van der Waals surface area contributed by atoms with Crippen LogP contribution in [0.25, 0.3) is 0 Å². The fraction of sp³-hybridized carbons (Fsp3) is 0.304. The van der Waals surface area contributed by atoms with Gasteiger partial charge in [0.25, 0.3) is 0 Å². The van der Waals surface area contributed by atoms with E-state index in [2.05, 4.69) is 93.8 Å². The van der Waals surface area contributed by atoms with E-state index in [9.17, 15) is 0 Å². The second-order valence-electron chi connectivity index (χ2n) is 7.69. The highest BCUT2D eigenvalue weighted by molar-refractivity contribution is 5.66. The van der Waals surface area contributed by atoms with Crippen molar-refractivity contribution in [3.63, 3.8) is 0 Å². The number of rotatable bonds is 5. The lowest BCUT2D eigenvalue weighted by Gasteiger charge is -2.34. The summed E-state index contributed by atoms with van der Waals surface area (Å²) >= 11 is 0. The molecule has 0 atom stereocenters. The number of piperazine rings is 1. The van der Waals surface area contributed by atoms with Gasteiger partial charge in [0.2, 0.25) is 0 Å². The first-order valence-electron chi connectivity index (χ1n) is 10.0. The summed E-state index contributed by atoms with van der Waals surface area (Å²) in [4.78, 5) is 13.5. The van der Waals surface area contributed by atoms with Crippen LogP contribution in [-0.2, 0) is 0 Å². The summed E-state index contributed by atoms with van der Waals surface area (Å²) < 4.78 is 0. The molecule has 0 aliphatic carbocycles. The Morgan fingerprint density at radius 1 is 0.793 bits per heavy atom. The maximum atomic E-state index is 4.36. The molecule has 6 heteroatoms. The first kappa shape index (κ1) is 19.2. The number of anilines is 5. The zero-order valence-electron chi connectivity index (χ0n) is 17.3. The molecular weight excluding hydrogens is 360 g/mol. The Labute approximate surface area is 172 Å². The van der Waals surface area contributed by atoms with Crippen LogP contribution in [0.5, 0.6) is 0 Å². The van der Waals surface area contributed by atoms with E-state index in [0.29, 0.717) is 0 Å². The van der Waals surface area contributed by atoms with E-state index in [1.54, 1.807) is 6.33 Å². The number of nitrogens with one attached hydrogen (secondary N) is 2. The van der Waals surface area contributed by atoms with Crippen LogP contribution in [0.4, 0.5) is 28.7 Å². The smallest absolute Gasteiger partial charge is 0.135 e. The van der Waals surface area contributed by atoms with Crippen molar-refractivity contribution in [1.82, 2.24) is 14.9 Å². The molecule has 0 saturated carbocycles. The lowest BCUT2D eigenvalue weighted by atomic mass is 10.1. The highest BCUT2D eigenvalue weighted by Gasteiger charge is 2.14. The summed E-state index contributed by atoms with van der Waals surface area (Å²) in [5.41, 5.74) is 5.74. The van der Waals surface area contributed by atoms with Gasteiger partial charge in [-0.2, -0.15) is 0 Å². The van der Waals surface area contributed by atoms with Gasteiger partial charge in [0.05, 0.1) is 0 Å². The average Bonchev–Trinajstić information content (AvgIpc) is 2.72. The third-order valence-corrected chi connectivity index (χ3v) is 5.33. The second-order valence-corrected chi connectivity index (χ2v) is 7.69. The van der Waals surface area contributed by atoms with Crippen molar-refractivity contribution in [2.45, 2.75) is 13.8 Å². The van der Waals surface area contributed by atoms with Crippen LogP contribution in [0, 0.1) is 13.8 Å². The predicted octanol–water partition coefficient (Wildman–Crippen LogP) is 4.33. The van der Waals surface area contributed by atoms with Gasteiger partial charge in [0.1, 0.15) is 18.0 Å². The van der Waals surface area contributed by atoms with Crippen LogP contribution < -0.4 is 15.5 Å². The van der Waals surface area contributed by atoms with Crippen LogP contribution in [0.15, 0.2) is 54.9 Å². The van der Waals surface area contributed by atoms with E-state index in [0.717, 1.165) is 49.2 Å². The fourth-order valence-corrected chi connectivity index (χ4v) is 3.47. The number of nitrogens with zero attached hydrogens (tertiary/aromatic N) is 4. The van der Waals surface area contributed by atoms with Crippen molar-refractivity contribution in [2.24, 2.45) is 0 Å². The topological polar surface area (TPSA) is 56.3 Å². The summed E-state index contributed by atoms with van der Waals surface area (Å²) in [5, 5.41) is 6.77. The molecule has 3 aromatic rings. The molecule has 0 spiro atoms. The summed E-state index contributed by atoms with van der Waals surface area (Å²) in [6.45, 7) is 8.53. The Balaban J connectivity index is 1.43.